The molecule has 130 valence electrons. The van der Waals surface area contributed by atoms with Gasteiger partial charge < -0.3 is 10.2 Å². The second-order valence-corrected chi connectivity index (χ2v) is 6.07. The number of hydrogen-bond acceptors (Lipinski definition) is 5. The fourth-order valence-electron chi connectivity index (χ4n) is 2.71. The van der Waals surface area contributed by atoms with E-state index in [1.54, 1.807) is 41.7 Å². The van der Waals surface area contributed by atoms with Crippen molar-refractivity contribution in [3.05, 3.63) is 65.5 Å². The standard InChI is InChI=1S/C18H18ClN3O3/c19-14-5-3-13(4-6-14)17-7-8-18(25)22(15-2-1-9-20-10-15)21(17)11-16(24)12-23/h1-7,9-10,16,23-24H,8,11-12H2. The average Bonchev–Trinajstić information content (AvgIpc) is 2.63. The van der Waals surface area contributed by atoms with Gasteiger partial charge in [0.2, 0.25) is 5.91 Å². The summed E-state index contributed by atoms with van der Waals surface area (Å²) in [5.74, 6) is -0.143. The molecule has 3 rings (SSSR count). The highest BCUT2D eigenvalue weighted by Crippen LogP contribution is 2.31. The molecule has 1 atom stereocenters. The van der Waals surface area contributed by atoms with Gasteiger partial charge in [0, 0.05) is 17.6 Å². The van der Waals surface area contributed by atoms with E-state index in [0.29, 0.717) is 10.7 Å². The third-order valence-electron chi connectivity index (χ3n) is 3.85. The first-order chi connectivity index (χ1) is 12.1. The van der Waals surface area contributed by atoms with Crippen LogP contribution >= 0.6 is 11.6 Å². The van der Waals surface area contributed by atoms with Crippen LogP contribution in [0.4, 0.5) is 5.69 Å². The minimum absolute atomic E-state index is 0.0611. The SMILES string of the molecule is O=C1CC=C(c2ccc(Cl)cc2)N(CC(O)CO)N1c1cccnc1. The van der Waals surface area contributed by atoms with E-state index in [9.17, 15) is 15.0 Å². The molecule has 0 radical (unpaired) electrons. The Bertz CT molecular complexity index is 765. The number of benzene rings is 1. The highest BCUT2D eigenvalue weighted by atomic mass is 35.5. The summed E-state index contributed by atoms with van der Waals surface area (Å²) in [5, 5.41) is 23.0. The van der Waals surface area contributed by atoms with Crippen LogP contribution in [-0.4, -0.2) is 45.4 Å². The van der Waals surface area contributed by atoms with Crippen LogP contribution in [0, 0.1) is 0 Å². The number of aromatic nitrogens is 1. The van der Waals surface area contributed by atoms with Crippen LogP contribution in [-0.2, 0) is 4.79 Å². The van der Waals surface area contributed by atoms with E-state index < -0.39 is 12.7 Å². The van der Waals surface area contributed by atoms with E-state index in [4.69, 9.17) is 11.6 Å². The number of hydrogen-bond donors (Lipinski definition) is 2. The molecule has 7 heteroatoms. The molecule has 6 nitrogen and oxygen atoms in total. The molecule has 0 aliphatic carbocycles. The molecule has 1 unspecified atom stereocenters. The molecule has 1 aromatic heterocycles. The largest absolute Gasteiger partial charge is 0.394 e. The van der Waals surface area contributed by atoms with Crippen molar-refractivity contribution >= 4 is 28.9 Å². The van der Waals surface area contributed by atoms with Gasteiger partial charge in [-0.3, -0.25) is 14.8 Å². The topological polar surface area (TPSA) is 76.9 Å². The van der Waals surface area contributed by atoms with Gasteiger partial charge in [-0.1, -0.05) is 23.7 Å². The van der Waals surface area contributed by atoms with E-state index in [2.05, 4.69) is 4.98 Å². The number of anilines is 1. The van der Waals surface area contributed by atoms with Crippen LogP contribution < -0.4 is 5.01 Å². The third-order valence-corrected chi connectivity index (χ3v) is 4.10. The number of halogens is 1. The number of pyridine rings is 1. The fraction of sp³-hybridized carbons (Fsp3) is 0.222. The molecule has 0 spiro atoms. The predicted octanol–water partition coefficient (Wildman–Crippen LogP) is 2.08. The Balaban J connectivity index is 2.03. The van der Waals surface area contributed by atoms with Crippen molar-refractivity contribution in [1.29, 1.82) is 0 Å². The Labute approximate surface area is 150 Å². The van der Waals surface area contributed by atoms with E-state index in [1.165, 1.54) is 5.01 Å². The van der Waals surface area contributed by atoms with Crippen molar-refractivity contribution in [2.24, 2.45) is 0 Å². The van der Waals surface area contributed by atoms with Crippen molar-refractivity contribution in [3.63, 3.8) is 0 Å². The Morgan fingerprint density at radius 2 is 2.00 bits per heavy atom. The quantitative estimate of drug-likeness (QED) is 0.854. The summed E-state index contributed by atoms with van der Waals surface area (Å²) in [4.78, 5) is 16.6. The van der Waals surface area contributed by atoms with Crippen molar-refractivity contribution in [2.45, 2.75) is 12.5 Å². The number of nitrogens with zero attached hydrogens (tertiary/aromatic N) is 3. The van der Waals surface area contributed by atoms with E-state index in [0.717, 1.165) is 11.3 Å². The van der Waals surface area contributed by atoms with Gasteiger partial charge in [0.25, 0.3) is 0 Å². The van der Waals surface area contributed by atoms with Crippen LogP contribution in [0.3, 0.4) is 0 Å². The number of carbonyl (C=O) groups excluding carboxylic acids is 1. The minimum Gasteiger partial charge on any atom is -0.394 e. The van der Waals surface area contributed by atoms with Gasteiger partial charge in [0.05, 0.1) is 36.8 Å². The van der Waals surface area contributed by atoms with E-state index >= 15 is 0 Å². The number of rotatable bonds is 5. The van der Waals surface area contributed by atoms with Crippen LogP contribution in [0.15, 0.2) is 54.9 Å². The smallest absolute Gasteiger partial charge is 0.249 e. The highest BCUT2D eigenvalue weighted by Gasteiger charge is 2.31. The summed E-state index contributed by atoms with van der Waals surface area (Å²) in [7, 11) is 0. The Kier molecular flexibility index (Phi) is 5.33. The molecule has 2 N–H and O–H groups in total. The molecule has 1 aromatic carbocycles. The van der Waals surface area contributed by atoms with E-state index in [1.807, 2.05) is 18.2 Å². The second-order valence-electron chi connectivity index (χ2n) is 5.64. The van der Waals surface area contributed by atoms with Gasteiger partial charge in [-0.25, -0.2) is 5.01 Å². The molecular weight excluding hydrogens is 342 g/mol. The lowest BCUT2D eigenvalue weighted by atomic mass is 10.1. The van der Waals surface area contributed by atoms with Gasteiger partial charge in [0.1, 0.15) is 0 Å². The molecule has 0 saturated heterocycles. The summed E-state index contributed by atoms with van der Waals surface area (Å²) in [6.45, 7) is -0.342. The Hall–Kier alpha value is -2.41. The number of aliphatic hydroxyl groups excluding tert-OH is 2. The Morgan fingerprint density at radius 3 is 2.64 bits per heavy atom. The summed E-state index contributed by atoms with van der Waals surface area (Å²) in [6.07, 6.45) is 4.24. The molecular formula is C18H18ClN3O3. The number of hydrazine groups is 1. The number of β-amino-alcohol motifs (C(OH)–C–C–N with tert-alkyl or cyclic N) is 1. The molecule has 1 aliphatic rings. The zero-order valence-electron chi connectivity index (χ0n) is 13.4. The normalized spacial score (nSPS) is 16.0. The fourth-order valence-corrected chi connectivity index (χ4v) is 2.83. The maximum absolute atomic E-state index is 12.6. The van der Waals surface area contributed by atoms with Crippen LogP contribution in [0.2, 0.25) is 5.02 Å². The first-order valence-corrected chi connectivity index (χ1v) is 8.23. The van der Waals surface area contributed by atoms with Gasteiger partial charge in [-0.2, -0.15) is 0 Å². The van der Waals surface area contributed by atoms with Gasteiger partial charge >= 0.3 is 0 Å². The maximum Gasteiger partial charge on any atom is 0.249 e. The molecule has 2 aromatic rings. The maximum atomic E-state index is 12.6. The predicted molar refractivity (Wildman–Crippen MR) is 95.6 cm³/mol. The Morgan fingerprint density at radius 1 is 1.24 bits per heavy atom. The van der Waals surface area contributed by atoms with E-state index in [-0.39, 0.29) is 18.9 Å². The van der Waals surface area contributed by atoms with Crippen LogP contribution in [0.25, 0.3) is 5.70 Å². The molecule has 0 bridgehead atoms. The molecule has 0 fully saturated rings. The highest BCUT2D eigenvalue weighted by molar-refractivity contribution is 6.30. The summed E-state index contributed by atoms with van der Waals surface area (Å²) >= 11 is 5.96. The average molecular weight is 360 g/mol. The monoisotopic (exact) mass is 359 g/mol. The lowest BCUT2D eigenvalue weighted by Crippen LogP contribution is -2.51. The second kappa shape index (κ2) is 7.65. The molecule has 1 aliphatic heterocycles. The van der Waals surface area contributed by atoms with Gasteiger partial charge in [0.15, 0.2) is 0 Å². The molecule has 25 heavy (non-hydrogen) atoms. The first kappa shape index (κ1) is 17.4. The minimum atomic E-state index is -0.999. The molecule has 1 amide bonds. The van der Waals surface area contributed by atoms with Crippen molar-refractivity contribution in [1.82, 2.24) is 9.99 Å². The number of carbonyl (C=O) groups is 1. The first-order valence-electron chi connectivity index (χ1n) is 7.85. The molecule has 0 saturated carbocycles. The lowest BCUT2D eigenvalue weighted by Gasteiger charge is -2.41. The van der Waals surface area contributed by atoms with Crippen LogP contribution in [0.1, 0.15) is 12.0 Å². The number of aliphatic hydroxyl groups is 2. The number of amides is 1. The summed E-state index contributed by atoms with van der Waals surface area (Å²) in [5.41, 5.74) is 2.21. The van der Waals surface area contributed by atoms with Crippen molar-refractivity contribution in [3.8, 4) is 0 Å². The third kappa shape index (κ3) is 3.82. The zero-order chi connectivity index (χ0) is 17.8. The van der Waals surface area contributed by atoms with Gasteiger partial charge in [-0.05, 0) is 35.9 Å². The van der Waals surface area contributed by atoms with Crippen molar-refractivity contribution < 1.29 is 15.0 Å². The van der Waals surface area contributed by atoms with Crippen LogP contribution in [0.5, 0.6) is 0 Å². The van der Waals surface area contributed by atoms with Gasteiger partial charge in [-0.15, -0.1) is 0 Å². The summed E-state index contributed by atoms with van der Waals surface area (Å²) in [6, 6.07) is 10.7. The van der Waals surface area contributed by atoms with Crippen molar-refractivity contribution in [2.75, 3.05) is 18.2 Å². The molecule has 2 heterocycles. The summed E-state index contributed by atoms with van der Waals surface area (Å²) < 4.78 is 0. The lowest BCUT2D eigenvalue weighted by molar-refractivity contribution is -0.120. The zero-order valence-corrected chi connectivity index (χ0v) is 14.2.